The predicted molar refractivity (Wildman–Crippen MR) is 90.8 cm³/mol. The molecule has 1 aliphatic rings. The van der Waals surface area contributed by atoms with Gasteiger partial charge in [-0.2, -0.15) is 5.10 Å². The molecule has 7 nitrogen and oxygen atoms in total. The lowest BCUT2D eigenvalue weighted by atomic mass is 9.95. The lowest BCUT2D eigenvalue weighted by Gasteiger charge is -2.12. The Labute approximate surface area is 145 Å². The highest BCUT2D eigenvalue weighted by atomic mass is 16.4. The van der Waals surface area contributed by atoms with E-state index < -0.39 is 0 Å². The molecule has 0 aliphatic heterocycles. The minimum atomic E-state index is -0.196. The lowest BCUT2D eigenvalue weighted by molar-refractivity contribution is 0.0940. The summed E-state index contributed by atoms with van der Waals surface area (Å²) in [5, 5.41) is 15.2. The summed E-state index contributed by atoms with van der Waals surface area (Å²) in [7, 11) is 1.89. The van der Waals surface area contributed by atoms with Crippen molar-refractivity contribution in [1.82, 2.24) is 25.3 Å². The summed E-state index contributed by atoms with van der Waals surface area (Å²) < 4.78 is 7.43. The number of rotatable bonds is 4. The van der Waals surface area contributed by atoms with Gasteiger partial charge in [0.25, 0.3) is 5.91 Å². The van der Waals surface area contributed by atoms with Crippen molar-refractivity contribution in [2.24, 2.45) is 7.05 Å². The van der Waals surface area contributed by atoms with Crippen molar-refractivity contribution < 1.29 is 9.21 Å². The van der Waals surface area contributed by atoms with E-state index in [2.05, 4.69) is 20.6 Å². The van der Waals surface area contributed by atoms with Crippen molar-refractivity contribution in [2.75, 3.05) is 0 Å². The molecular weight excluding hydrogens is 318 g/mol. The van der Waals surface area contributed by atoms with Crippen molar-refractivity contribution in [3.05, 3.63) is 53.2 Å². The number of carbonyl (C=O) groups is 1. The highest BCUT2D eigenvalue weighted by Gasteiger charge is 2.23. The highest BCUT2D eigenvalue weighted by molar-refractivity contribution is 5.94. The number of nitrogens with one attached hydrogen (secondary N) is 1. The van der Waals surface area contributed by atoms with Crippen molar-refractivity contribution in [1.29, 1.82) is 0 Å². The maximum Gasteiger partial charge on any atom is 0.272 e. The molecule has 0 unspecified atom stereocenters. The van der Waals surface area contributed by atoms with E-state index >= 15 is 0 Å². The van der Waals surface area contributed by atoms with Gasteiger partial charge in [0.15, 0.2) is 5.69 Å². The highest BCUT2D eigenvalue weighted by Crippen LogP contribution is 2.24. The summed E-state index contributed by atoms with van der Waals surface area (Å²) in [6.07, 6.45) is 4.14. The summed E-state index contributed by atoms with van der Waals surface area (Å²) in [5.41, 5.74) is 3.61. The molecule has 0 radical (unpaired) electrons. The first-order valence-corrected chi connectivity index (χ1v) is 8.43. The van der Waals surface area contributed by atoms with Crippen LogP contribution in [-0.2, 0) is 26.4 Å². The number of aromatic nitrogens is 4. The minimum absolute atomic E-state index is 0.185. The van der Waals surface area contributed by atoms with Gasteiger partial charge in [0.2, 0.25) is 11.8 Å². The third-order valence-corrected chi connectivity index (χ3v) is 4.47. The van der Waals surface area contributed by atoms with Gasteiger partial charge in [-0.1, -0.05) is 18.2 Å². The Morgan fingerprint density at radius 1 is 1.20 bits per heavy atom. The van der Waals surface area contributed by atoms with E-state index in [1.54, 1.807) is 0 Å². The number of aryl methyl sites for hydroxylation is 1. The van der Waals surface area contributed by atoms with Gasteiger partial charge in [-0.05, 0) is 37.8 Å². The minimum Gasteiger partial charge on any atom is -0.419 e. The van der Waals surface area contributed by atoms with E-state index in [0.717, 1.165) is 36.8 Å². The third-order valence-electron chi connectivity index (χ3n) is 4.47. The lowest BCUT2D eigenvalue weighted by Crippen LogP contribution is -2.25. The topological polar surface area (TPSA) is 85.8 Å². The first-order valence-electron chi connectivity index (χ1n) is 8.43. The maximum absolute atomic E-state index is 12.5. The van der Waals surface area contributed by atoms with Crippen LogP contribution in [0.4, 0.5) is 0 Å². The van der Waals surface area contributed by atoms with E-state index in [9.17, 15) is 4.79 Å². The summed E-state index contributed by atoms with van der Waals surface area (Å²) in [6, 6.07) is 9.54. The molecule has 1 aliphatic carbocycles. The number of hydrogen-bond acceptors (Lipinski definition) is 5. The molecule has 2 aromatic heterocycles. The zero-order chi connectivity index (χ0) is 17.2. The summed E-state index contributed by atoms with van der Waals surface area (Å²) in [5.74, 6) is 0.621. The predicted octanol–water partition coefficient (Wildman–Crippen LogP) is 2.28. The molecule has 1 amide bonds. The number of amides is 1. The van der Waals surface area contributed by atoms with E-state index in [4.69, 9.17) is 4.42 Å². The fourth-order valence-electron chi connectivity index (χ4n) is 3.22. The van der Waals surface area contributed by atoms with E-state index in [1.165, 1.54) is 5.69 Å². The van der Waals surface area contributed by atoms with Gasteiger partial charge >= 0.3 is 0 Å². The van der Waals surface area contributed by atoms with Crippen LogP contribution in [0.25, 0.3) is 11.5 Å². The van der Waals surface area contributed by atoms with Gasteiger partial charge in [-0.3, -0.25) is 9.48 Å². The van der Waals surface area contributed by atoms with Crippen LogP contribution >= 0.6 is 0 Å². The van der Waals surface area contributed by atoms with Gasteiger partial charge in [-0.15, -0.1) is 10.2 Å². The second-order valence-electron chi connectivity index (χ2n) is 6.15. The molecule has 0 bridgehead atoms. The van der Waals surface area contributed by atoms with Gasteiger partial charge in [0, 0.05) is 23.9 Å². The second kappa shape index (κ2) is 6.51. The average Bonchev–Trinajstić information content (AvgIpc) is 3.26. The molecule has 1 aromatic carbocycles. The molecule has 0 fully saturated rings. The molecule has 128 valence electrons. The van der Waals surface area contributed by atoms with Gasteiger partial charge < -0.3 is 9.73 Å². The summed E-state index contributed by atoms with van der Waals surface area (Å²) in [6.45, 7) is 0.185. The van der Waals surface area contributed by atoms with Gasteiger partial charge in [0.05, 0.1) is 6.54 Å². The van der Waals surface area contributed by atoms with Gasteiger partial charge in [0.1, 0.15) is 0 Å². The average molecular weight is 337 g/mol. The van der Waals surface area contributed by atoms with Crippen LogP contribution in [0.2, 0.25) is 0 Å². The Kier molecular flexibility index (Phi) is 4.05. The van der Waals surface area contributed by atoms with Crippen LogP contribution in [0.15, 0.2) is 34.7 Å². The van der Waals surface area contributed by atoms with Crippen LogP contribution in [0.5, 0.6) is 0 Å². The Bertz CT molecular complexity index is 898. The largest absolute Gasteiger partial charge is 0.419 e. The van der Waals surface area contributed by atoms with E-state index in [-0.39, 0.29) is 12.5 Å². The number of fused-ring (bicyclic) bond motifs is 1. The molecule has 1 N–H and O–H groups in total. The standard InChI is InChI=1S/C18H19N5O2/c1-23-14-10-6-5-9-13(14)16(22-23)17(24)19-11-15-20-21-18(25-15)12-7-3-2-4-8-12/h2-4,7-8H,5-6,9-11H2,1H3,(H,19,24). The molecule has 25 heavy (non-hydrogen) atoms. The molecular formula is C18H19N5O2. The molecule has 2 heterocycles. The van der Waals surface area contributed by atoms with Crippen LogP contribution in [0, 0.1) is 0 Å². The maximum atomic E-state index is 12.5. The number of hydrogen-bond donors (Lipinski definition) is 1. The zero-order valence-corrected chi connectivity index (χ0v) is 14.0. The normalized spacial score (nSPS) is 13.5. The Hall–Kier alpha value is -2.96. The Morgan fingerprint density at radius 3 is 2.84 bits per heavy atom. The van der Waals surface area contributed by atoms with Crippen molar-refractivity contribution in [2.45, 2.75) is 32.2 Å². The van der Waals surface area contributed by atoms with E-state index in [0.29, 0.717) is 17.5 Å². The quantitative estimate of drug-likeness (QED) is 0.789. The van der Waals surface area contributed by atoms with E-state index in [1.807, 2.05) is 42.1 Å². The Balaban J connectivity index is 1.45. The molecule has 3 aromatic rings. The zero-order valence-electron chi connectivity index (χ0n) is 14.0. The first kappa shape index (κ1) is 15.6. The van der Waals surface area contributed by atoms with Crippen molar-refractivity contribution in [3.63, 3.8) is 0 Å². The van der Waals surface area contributed by atoms with Crippen LogP contribution in [0.1, 0.15) is 40.5 Å². The first-order chi connectivity index (χ1) is 12.2. The molecule has 0 atom stereocenters. The van der Waals surface area contributed by atoms with Crippen molar-refractivity contribution in [3.8, 4) is 11.5 Å². The molecule has 0 spiro atoms. The molecule has 7 heteroatoms. The monoisotopic (exact) mass is 337 g/mol. The van der Waals surface area contributed by atoms with Crippen LogP contribution in [0.3, 0.4) is 0 Å². The smallest absolute Gasteiger partial charge is 0.272 e. The molecule has 4 rings (SSSR count). The molecule has 0 saturated heterocycles. The van der Waals surface area contributed by atoms with Crippen LogP contribution < -0.4 is 5.32 Å². The summed E-state index contributed by atoms with van der Waals surface area (Å²) in [4.78, 5) is 12.5. The second-order valence-corrected chi connectivity index (χ2v) is 6.15. The Morgan fingerprint density at radius 2 is 2.00 bits per heavy atom. The van der Waals surface area contributed by atoms with Crippen LogP contribution in [-0.4, -0.2) is 25.9 Å². The fraction of sp³-hybridized carbons (Fsp3) is 0.333. The van der Waals surface area contributed by atoms with Gasteiger partial charge in [-0.25, -0.2) is 0 Å². The summed E-state index contributed by atoms with van der Waals surface area (Å²) >= 11 is 0. The number of nitrogens with zero attached hydrogens (tertiary/aromatic N) is 4. The third kappa shape index (κ3) is 3.05. The fourth-order valence-corrected chi connectivity index (χ4v) is 3.22. The van der Waals surface area contributed by atoms with Crippen molar-refractivity contribution >= 4 is 5.91 Å². The number of carbonyl (C=O) groups excluding carboxylic acids is 1. The number of benzene rings is 1. The SMILES string of the molecule is Cn1nc(C(=O)NCc2nnc(-c3ccccc3)o2)c2c1CCCC2. The molecule has 0 saturated carbocycles.